The maximum atomic E-state index is 13.5. The van der Waals surface area contributed by atoms with Gasteiger partial charge in [-0.05, 0) is 77.7 Å². The Kier molecular flexibility index (Phi) is 6.29. The van der Waals surface area contributed by atoms with Crippen molar-refractivity contribution in [2.75, 3.05) is 7.11 Å². The molecule has 0 aromatic heterocycles. The fraction of sp³-hybridized carbons (Fsp3) is 0.774. The van der Waals surface area contributed by atoms with Crippen LogP contribution in [0.1, 0.15) is 73.1 Å². The number of aliphatic hydroxyl groups is 2. The van der Waals surface area contributed by atoms with Crippen molar-refractivity contribution in [1.82, 2.24) is 0 Å². The second kappa shape index (κ2) is 8.96. The lowest BCUT2D eigenvalue weighted by molar-refractivity contribution is -0.260. The molecule has 12 atom stereocenters. The first-order valence-corrected chi connectivity index (χ1v) is 14.6. The first kappa shape index (κ1) is 28.1. The van der Waals surface area contributed by atoms with Crippen LogP contribution in [0, 0.1) is 34.5 Å². The third kappa shape index (κ3) is 3.32. The van der Waals surface area contributed by atoms with Crippen LogP contribution in [0.15, 0.2) is 23.3 Å². The summed E-state index contributed by atoms with van der Waals surface area (Å²) in [6.45, 7) is 8.89. The van der Waals surface area contributed by atoms with Gasteiger partial charge in [0.2, 0.25) is 0 Å². The zero-order chi connectivity index (χ0) is 29.0. The van der Waals surface area contributed by atoms with Crippen molar-refractivity contribution in [2.45, 2.75) is 109 Å². The van der Waals surface area contributed by atoms with Gasteiger partial charge in [-0.15, -0.1) is 0 Å². The summed E-state index contributed by atoms with van der Waals surface area (Å²) in [7, 11) is 1.61. The van der Waals surface area contributed by atoms with Gasteiger partial charge in [-0.25, -0.2) is 4.79 Å². The summed E-state index contributed by atoms with van der Waals surface area (Å²) in [4.78, 5) is 38.7. The maximum absolute atomic E-state index is 13.5. The van der Waals surface area contributed by atoms with Gasteiger partial charge in [0.25, 0.3) is 0 Å². The number of rotatable bonds is 3. The zero-order valence-electron chi connectivity index (χ0n) is 24.3. The molecule has 220 valence electrons. The highest BCUT2D eigenvalue weighted by atomic mass is 16.7. The van der Waals surface area contributed by atoms with E-state index in [0.29, 0.717) is 31.3 Å². The number of ketones is 1. The molecule has 0 aromatic rings. The third-order valence-electron chi connectivity index (χ3n) is 12.3. The summed E-state index contributed by atoms with van der Waals surface area (Å²) in [6.07, 6.45) is 3.16. The van der Waals surface area contributed by atoms with E-state index in [-0.39, 0.29) is 48.3 Å². The molecule has 0 radical (unpaired) electrons. The van der Waals surface area contributed by atoms with E-state index in [1.165, 1.54) is 13.0 Å². The van der Waals surface area contributed by atoms with E-state index in [1.807, 2.05) is 13.8 Å². The monoisotopic (exact) mass is 558 g/mol. The lowest BCUT2D eigenvalue weighted by atomic mass is 9.42. The van der Waals surface area contributed by atoms with Gasteiger partial charge in [0.05, 0.1) is 11.5 Å². The molecule has 0 bridgehead atoms. The van der Waals surface area contributed by atoms with Gasteiger partial charge >= 0.3 is 11.9 Å². The van der Waals surface area contributed by atoms with Crippen molar-refractivity contribution in [3.8, 4) is 0 Å². The van der Waals surface area contributed by atoms with Crippen molar-refractivity contribution in [3.05, 3.63) is 23.3 Å². The maximum Gasteiger partial charge on any atom is 0.334 e. The van der Waals surface area contributed by atoms with Gasteiger partial charge in [-0.1, -0.05) is 11.6 Å². The summed E-state index contributed by atoms with van der Waals surface area (Å²) in [5.74, 6) is -1.82. The van der Waals surface area contributed by atoms with E-state index in [9.17, 15) is 24.6 Å². The van der Waals surface area contributed by atoms with Crippen molar-refractivity contribution >= 4 is 17.7 Å². The Balaban J connectivity index is 1.46. The quantitative estimate of drug-likeness (QED) is 0.502. The van der Waals surface area contributed by atoms with Gasteiger partial charge in [-0.2, -0.15) is 0 Å². The molecular formula is C31H42O9. The fourth-order valence-corrected chi connectivity index (χ4v) is 10.2. The smallest absolute Gasteiger partial charge is 0.334 e. The normalized spacial score (nSPS) is 51.5. The summed E-state index contributed by atoms with van der Waals surface area (Å²) < 4.78 is 24.9. The second-order valence-electron chi connectivity index (χ2n) is 13.6. The van der Waals surface area contributed by atoms with E-state index in [2.05, 4.69) is 0 Å². The summed E-state index contributed by atoms with van der Waals surface area (Å²) >= 11 is 0. The summed E-state index contributed by atoms with van der Waals surface area (Å²) in [5, 5.41) is 23.2. The van der Waals surface area contributed by atoms with E-state index < -0.39 is 52.6 Å². The number of hydrogen-bond donors (Lipinski definition) is 2. The minimum absolute atomic E-state index is 0.169. The van der Waals surface area contributed by atoms with Crippen molar-refractivity contribution in [3.63, 3.8) is 0 Å². The number of aliphatic hydroxyl groups excluding tert-OH is 1. The van der Waals surface area contributed by atoms with Gasteiger partial charge < -0.3 is 29.2 Å². The van der Waals surface area contributed by atoms with Crippen molar-refractivity contribution in [2.24, 2.45) is 34.5 Å². The van der Waals surface area contributed by atoms with Crippen LogP contribution in [-0.2, 0) is 33.3 Å². The number of cyclic esters (lactones) is 1. The van der Waals surface area contributed by atoms with Crippen LogP contribution in [0.3, 0.4) is 0 Å². The van der Waals surface area contributed by atoms with Gasteiger partial charge in [0, 0.05) is 43.3 Å². The zero-order valence-corrected chi connectivity index (χ0v) is 24.3. The van der Waals surface area contributed by atoms with E-state index in [0.717, 1.165) is 5.57 Å². The standard InChI is InChI=1S/C31H42O9/c1-15-12-24(39-26(35)16(15)2)29(5)21-14-20(38-17(3)32)25-18-13-23(34)31(36)10-7-8-22(33)28(31,4)19(18)9-11-30(21,25)27(37-6)40-29/h7-8,18-21,23-25,27,34,36H,9-14H2,1-6H3/t18-,19+,20+,21-,23-,24-,25-,27+,28+,29-,30+,31+/m1/s1. The number of esters is 2. The number of allylic oxidation sites excluding steroid dienone is 1. The van der Waals surface area contributed by atoms with E-state index in [1.54, 1.807) is 27.0 Å². The number of fused-ring (bicyclic) bond motifs is 4. The molecule has 2 N–H and O–H groups in total. The molecule has 0 unspecified atom stereocenters. The summed E-state index contributed by atoms with van der Waals surface area (Å²) in [6, 6.07) is 0. The Labute approximate surface area is 235 Å². The lowest BCUT2D eigenvalue weighted by Crippen LogP contribution is -2.70. The molecule has 4 fully saturated rings. The Morgan fingerprint density at radius 1 is 1.18 bits per heavy atom. The first-order chi connectivity index (χ1) is 18.8. The fourth-order valence-electron chi connectivity index (χ4n) is 10.2. The predicted molar refractivity (Wildman–Crippen MR) is 141 cm³/mol. The topological polar surface area (TPSA) is 129 Å². The number of methoxy groups -OCH3 is 1. The second-order valence-corrected chi connectivity index (χ2v) is 13.6. The van der Waals surface area contributed by atoms with Gasteiger partial charge in [0.15, 0.2) is 12.1 Å². The highest BCUT2D eigenvalue weighted by Gasteiger charge is 2.78. The average Bonchev–Trinajstić information content (AvgIpc) is 3.34. The van der Waals surface area contributed by atoms with Crippen LogP contribution in [0.4, 0.5) is 0 Å². The molecule has 1 saturated heterocycles. The van der Waals surface area contributed by atoms with Crippen LogP contribution >= 0.6 is 0 Å². The minimum Gasteiger partial charge on any atom is -0.462 e. The molecule has 6 aliphatic rings. The molecule has 40 heavy (non-hydrogen) atoms. The van der Waals surface area contributed by atoms with E-state index in [4.69, 9.17) is 18.9 Å². The minimum atomic E-state index is -1.56. The highest BCUT2D eigenvalue weighted by molar-refractivity contribution is 5.97. The number of carbonyl (C=O) groups is 3. The van der Waals surface area contributed by atoms with Gasteiger partial charge in [0.1, 0.15) is 23.4 Å². The Morgan fingerprint density at radius 2 is 1.90 bits per heavy atom. The molecule has 0 amide bonds. The lowest BCUT2D eigenvalue weighted by Gasteiger charge is -2.63. The van der Waals surface area contributed by atoms with Gasteiger partial charge in [-0.3, -0.25) is 9.59 Å². The molecule has 9 nitrogen and oxygen atoms in total. The molecule has 1 spiro atoms. The number of ether oxygens (including phenoxy) is 4. The molecule has 3 saturated carbocycles. The van der Waals surface area contributed by atoms with Crippen molar-refractivity contribution in [1.29, 1.82) is 0 Å². The van der Waals surface area contributed by atoms with Crippen LogP contribution in [0.25, 0.3) is 0 Å². The molecule has 2 aliphatic heterocycles. The largest absolute Gasteiger partial charge is 0.462 e. The van der Waals surface area contributed by atoms with E-state index >= 15 is 0 Å². The van der Waals surface area contributed by atoms with Crippen LogP contribution in [-0.4, -0.2) is 70.8 Å². The third-order valence-corrected chi connectivity index (χ3v) is 12.3. The Bertz CT molecular complexity index is 1210. The molecule has 6 rings (SSSR count). The Morgan fingerprint density at radius 3 is 2.55 bits per heavy atom. The SMILES string of the molecule is CO[C@H]1O[C@@](C)([C@H]2CC(C)=C(C)C(=O)O2)[C@H]2C[C@H](OC(C)=O)[C@H]3[C@@H]4C[C@@H](O)[C@@]5(O)CC=CC(=O)[C@]5(C)[C@H]4CC[C@@]132. The molecule has 4 aliphatic carbocycles. The molecule has 9 heteroatoms. The molecular weight excluding hydrogens is 516 g/mol. The highest BCUT2D eigenvalue weighted by Crippen LogP contribution is 2.73. The number of hydrogen-bond acceptors (Lipinski definition) is 9. The van der Waals surface area contributed by atoms with Crippen LogP contribution < -0.4 is 0 Å². The average molecular weight is 559 g/mol. The molecule has 2 heterocycles. The Hall–Kier alpha value is -2.07. The van der Waals surface area contributed by atoms with Crippen molar-refractivity contribution < 1.29 is 43.5 Å². The van der Waals surface area contributed by atoms with Crippen LogP contribution in [0.5, 0.6) is 0 Å². The molecule has 0 aromatic carbocycles. The summed E-state index contributed by atoms with van der Waals surface area (Å²) in [5.41, 5.74) is -2.66. The van der Waals surface area contributed by atoms with Crippen LogP contribution in [0.2, 0.25) is 0 Å². The number of carbonyl (C=O) groups excluding carboxylic acids is 3. The first-order valence-electron chi connectivity index (χ1n) is 14.6. The predicted octanol–water partition coefficient (Wildman–Crippen LogP) is 3.01.